The minimum Gasteiger partial charge on any atom is -0.480 e. The number of nitrogens with two attached hydrogens (primary N) is 1. The van der Waals surface area contributed by atoms with Gasteiger partial charge in [0.25, 0.3) is 0 Å². The van der Waals surface area contributed by atoms with Crippen LogP contribution in [-0.4, -0.2) is 63.4 Å². The van der Waals surface area contributed by atoms with E-state index in [2.05, 4.69) is 25.9 Å². The lowest BCUT2D eigenvalue weighted by Gasteiger charge is -2.24. The fraction of sp³-hybridized carbons (Fsp3) is 0.562. The van der Waals surface area contributed by atoms with Crippen LogP contribution in [0.4, 0.5) is 0 Å². The van der Waals surface area contributed by atoms with Gasteiger partial charge in [-0.3, -0.25) is 14.4 Å². The summed E-state index contributed by atoms with van der Waals surface area (Å²) in [7, 11) is 0. The zero-order valence-electron chi connectivity index (χ0n) is 15.5. The maximum atomic E-state index is 12.4. The number of hydrogen-bond donors (Lipinski definition) is 6. The van der Waals surface area contributed by atoms with Crippen LogP contribution in [0.5, 0.6) is 0 Å². The third-order valence-electron chi connectivity index (χ3n) is 3.80. The minimum absolute atomic E-state index is 0.0168. The van der Waals surface area contributed by atoms with Crippen molar-refractivity contribution < 1.29 is 24.3 Å². The molecule has 150 valence electrons. The summed E-state index contributed by atoms with van der Waals surface area (Å²) in [5.41, 5.74) is 5.78. The zero-order valence-corrected chi connectivity index (χ0v) is 15.5. The smallest absolute Gasteiger partial charge is 0.326 e. The lowest BCUT2D eigenvalue weighted by Crippen LogP contribution is -2.56. The van der Waals surface area contributed by atoms with Crippen LogP contribution < -0.4 is 21.7 Å². The molecule has 1 rings (SSSR count). The number of carboxylic acids is 1. The van der Waals surface area contributed by atoms with Gasteiger partial charge in [0, 0.05) is 18.3 Å². The van der Waals surface area contributed by atoms with E-state index >= 15 is 0 Å². The van der Waals surface area contributed by atoms with Gasteiger partial charge >= 0.3 is 5.97 Å². The molecule has 27 heavy (non-hydrogen) atoms. The molecule has 0 aromatic carbocycles. The number of carbonyl (C=O) groups excluding carboxylic acids is 3. The van der Waals surface area contributed by atoms with Crippen LogP contribution in [-0.2, 0) is 25.6 Å². The number of H-pyrrole nitrogens is 1. The number of aromatic nitrogens is 2. The number of rotatable bonds is 10. The van der Waals surface area contributed by atoms with Crippen molar-refractivity contribution in [1.29, 1.82) is 0 Å². The molecular weight excluding hydrogens is 356 g/mol. The molecule has 0 aliphatic heterocycles. The summed E-state index contributed by atoms with van der Waals surface area (Å²) < 4.78 is 0. The monoisotopic (exact) mass is 382 g/mol. The van der Waals surface area contributed by atoms with Crippen LogP contribution in [0.1, 0.15) is 26.5 Å². The van der Waals surface area contributed by atoms with Gasteiger partial charge in [-0.1, -0.05) is 13.8 Å². The first-order chi connectivity index (χ1) is 12.6. The van der Waals surface area contributed by atoms with Crippen LogP contribution in [0.2, 0.25) is 0 Å². The van der Waals surface area contributed by atoms with E-state index in [1.54, 1.807) is 13.8 Å². The molecule has 0 spiro atoms. The number of aromatic amines is 1. The van der Waals surface area contributed by atoms with Crippen LogP contribution in [0.25, 0.3) is 0 Å². The van der Waals surface area contributed by atoms with E-state index in [1.165, 1.54) is 19.4 Å². The number of aliphatic carboxylic acids is 1. The van der Waals surface area contributed by atoms with Gasteiger partial charge in [0.1, 0.15) is 18.1 Å². The van der Waals surface area contributed by atoms with E-state index in [1.807, 2.05) is 0 Å². The maximum absolute atomic E-state index is 12.4. The normalized spacial score (nSPS) is 14.1. The van der Waals surface area contributed by atoms with Gasteiger partial charge in [0.15, 0.2) is 0 Å². The van der Waals surface area contributed by atoms with Gasteiger partial charge in [-0.15, -0.1) is 0 Å². The molecule has 11 nitrogen and oxygen atoms in total. The fourth-order valence-corrected chi connectivity index (χ4v) is 2.25. The summed E-state index contributed by atoms with van der Waals surface area (Å²) in [6.07, 6.45) is 2.88. The Morgan fingerprint density at radius 1 is 1.15 bits per heavy atom. The molecule has 7 N–H and O–H groups in total. The highest BCUT2D eigenvalue weighted by Crippen LogP contribution is 2.03. The van der Waals surface area contributed by atoms with Gasteiger partial charge in [-0.05, 0) is 12.8 Å². The van der Waals surface area contributed by atoms with Gasteiger partial charge in [-0.25, -0.2) is 9.78 Å². The molecule has 11 heteroatoms. The van der Waals surface area contributed by atoms with Gasteiger partial charge in [0.05, 0.1) is 12.9 Å². The molecule has 1 aromatic rings. The fourth-order valence-electron chi connectivity index (χ4n) is 2.25. The van der Waals surface area contributed by atoms with Crippen molar-refractivity contribution in [2.45, 2.75) is 45.3 Å². The second-order valence-corrected chi connectivity index (χ2v) is 6.40. The molecule has 1 heterocycles. The first kappa shape index (κ1) is 22.1. The molecule has 0 radical (unpaired) electrons. The van der Waals surface area contributed by atoms with E-state index in [4.69, 9.17) is 5.73 Å². The molecule has 0 saturated carbocycles. The van der Waals surface area contributed by atoms with Gasteiger partial charge in [0.2, 0.25) is 17.7 Å². The molecule has 3 amide bonds. The topological polar surface area (TPSA) is 179 Å². The summed E-state index contributed by atoms with van der Waals surface area (Å²) >= 11 is 0. The molecule has 0 aliphatic carbocycles. The predicted octanol–water partition coefficient (Wildman–Crippen LogP) is -1.87. The lowest BCUT2D eigenvalue weighted by atomic mass is 10.0. The molecule has 3 unspecified atom stereocenters. The lowest BCUT2D eigenvalue weighted by molar-refractivity contribution is -0.142. The number of hydrogen-bond acceptors (Lipinski definition) is 6. The van der Waals surface area contributed by atoms with Crippen molar-refractivity contribution >= 4 is 23.7 Å². The van der Waals surface area contributed by atoms with Crippen molar-refractivity contribution in [2.24, 2.45) is 11.7 Å². The highest BCUT2D eigenvalue weighted by atomic mass is 16.4. The predicted molar refractivity (Wildman–Crippen MR) is 95.3 cm³/mol. The molecular formula is C16H26N6O5. The Balaban J connectivity index is 2.68. The van der Waals surface area contributed by atoms with Crippen molar-refractivity contribution in [2.75, 3.05) is 6.54 Å². The highest BCUT2D eigenvalue weighted by molar-refractivity contribution is 5.93. The Morgan fingerprint density at radius 2 is 1.81 bits per heavy atom. The van der Waals surface area contributed by atoms with Crippen molar-refractivity contribution in [3.63, 3.8) is 0 Å². The number of nitrogens with zero attached hydrogens (tertiary/aromatic N) is 1. The Kier molecular flexibility index (Phi) is 8.39. The number of carbonyl (C=O) groups is 4. The Hall–Kier alpha value is -2.95. The van der Waals surface area contributed by atoms with Crippen molar-refractivity contribution in [3.8, 4) is 0 Å². The first-order valence-corrected chi connectivity index (χ1v) is 8.45. The average Bonchev–Trinajstić information content (AvgIpc) is 3.11. The summed E-state index contributed by atoms with van der Waals surface area (Å²) in [6.45, 7) is 4.62. The first-order valence-electron chi connectivity index (χ1n) is 8.45. The molecule has 3 atom stereocenters. The summed E-state index contributed by atoms with van der Waals surface area (Å²) in [5, 5.41) is 16.6. The third kappa shape index (κ3) is 7.05. The Labute approximate surface area is 156 Å². The highest BCUT2D eigenvalue weighted by Gasteiger charge is 2.28. The Bertz CT molecular complexity index is 660. The third-order valence-corrected chi connectivity index (χ3v) is 3.80. The van der Waals surface area contributed by atoms with Gasteiger partial charge in [-0.2, -0.15) is 0 Å². The van der Waals surface area contributed by atoms with Crippen molar-refractivity contribution in [1.82, 2.24) is 25.9 Å². The summed E-state index contributed by atoms with van der Waals surface area (Å²) in [6, 6.07) is -3.05. The average molecular weight is 382 g/mol. The number of carboxylic acid groups (broad SMARTS) is 1. The Morgan fingerprint density at radius 3 is 2.30 bits per heavy atom. The van der Waals surface area contributed by atoms with Crippen molar-refractivity contribution in [3.05, 3.63) is 18.2 Å². The number of amides is 3. The SMILES string of the molecule is CC(NC(=O)C(NC(=O)CN)C(C)C)C(=O)NC(Cc1cnc[nH]1)C(=O)O. The number of imidazole rings is 1. The summed E-state index contributed by atoms with van der Waals surface area (Å²) in [4.78, 5) is 54.0. The van der Waals surface area contributed by atoms with E-state index in [0.717, 1.165) is 0 Å². The molecule has 1 aromatic heterocycles. The minimum atomic E-state index is -1.22. The second-order valence-electron chi connectivity index (χ2n) is 6.40. The zero-order chi connectivity index (χ0) is 20.6. The maximum Gasteiger partial charge on any atom is 0.326 e. The molecule has 0 fully saturated rings. The molecule has 0 saturated heterocycles. The molecule has 0 bridgehead atoms. The van der Waals surface area contributed by atoms with E-state index in [-0.39, 0.29) is 18.9 Å². The second kappa shape index (κ2) is 10.3. The largest absolute Gasteiger partial charge is 0.480 e. The van der Waals surface area contributed by atoms with E-state index in [0.29, 0.717) is 5.69 Å². The van der Waals surface area contributed by atoms with Crippen LogP contribution in [0, 0.1) is 5.92 Å². The van der Waals surface area contributed by atoms with Crippen LogP contribution in [0.3, 0.4) is 0 Å². The van der Waals surface area contributed by atoms with Gasteiger partial charge < -0.3 is 31.8 Å². The number of nitrogens with one attached hydrogen (secondary N) is 4. The quantitative estimate of drug-likeness (QED) is 0.274. The van der Waals surface area contributed by atoms with E-state index < -0.39 is 41.8 Å². The molecule has 0 aliphatic rings. The standard InChI is InChI=1S/C16H26N6O5/c1-8(2)13(22-12(23)5-17)15(25)20-9(3)14(24)21-11(16(26)27)4-10-6-18-7-19-10/h6-9,11,13H,4-5,17H2,1-3H3,(H,18,19)(H,20,25)(H,21,24)(H,22,23)(H,26,27). The van der Waals surface area contributed by atoms with Crippen LogP contribution >= 0.6 is 0 Å². The summed E-state index contributed by atoms with van der Waals surface area (Å²) in [5.74, 6) is -3.17. The van der Waals surface area contributed by atoms with E-state index in [9.17, 15) is 24.3 Å². The van der Waals surface area contributed by atoms with Crippen LogP contribution in [0.15, 0.2) is 12.5 Å².